The number of ether oxygens (including phenoxy) is 1. The molecule has 112 valence electrons. The van der Waals surface area contributed by atoms with E-state index < -0.39 is 0 Å². The number of nitrogens with zero attached hydrogens (tertiary/aromatic N) is 2. The zero-order valence-electron chi connectivity index (χ0n) is 12.5. The maximum absolute atomic E-state index is 5.88. The van der Waals surface area contributed by atoms with Gasteiger partial charge in [0.15, 0.2) is 6.10 Å². The van der Waals surface area contributed by atoms with E-state index in [0.29, 0.717) is 11.8 Å². The third-order valence-corrected chi connectivity index (χ3v) is 3.73. The van der Waals surface area contributed by atoms with E-state index in [0.717, 1.165) is 31.6 Å². The van der Waals surface area contributed by atoms with E-state index in [4.69, 9.17) is 9.15 Å². The molecule has 1 aromatic heterocycles. The fraction of sp³-hybridized carbons (Fsp3) is 0.500. The molecule has 1 aliphatic heterocycles. The Balaban J connectivity index is 1.71. The molecule has 2 unspecified atom stereocenters. The number of fused-ring (bicyclic) bond motifs is 1. The second kappa shape index (κ2) is 6.26. The van der Waals surface area contributed by atoms with Gasteiger partial charge in [-0.1, -0.05) is 32.0 Å². The summed E-state index contributed by atoms with van der Waals surface area (Å²) in [5.41, 5.74) is 1.19. The van der Waals surface area contributed by atoms with Crippen molar-refractivity contribution in [2.24, 2.45) is 0 Å². The highest BCUT2D eigenvalue weighted by Crippen LogP contribution is 2.36. The summed E-state index contributed by atoms with van der Waals surface area (Å²) in [6.07, 6.45) is 2.63. The van der Waals surface area contributed by atoms with Crippen LogP contribution in [0.5, 0.6) is 5.75 Å². The first-order valence-electron chi connectivity index (χ1n) is 7.63. The first-order valence-corrected chi connectivity index (χ1v) is 7.63. The number of nitrogens with one attached hydrogen (secondary N) is 1. The molecule has 0 spiro atoms. The normalized spacial score (nSPS) is 18.3. The molecule has 1 aliphatic rings. The third-order valence-electron chi connectivity index (χ3n) is 3.73. The fourth-order valence-corrected chi connectivity index (χ4v) is 2.56. The van der Waals surface area contributed by atoms with Gasteiger partial charge >= 0.3 is 0 Å². The Bertz CT molecular complexity index is 572. The van der Waals surface area contributed by atoms with Gasteiger partial charge in [-0.2, -0.15) is 0 Å². The monoisotopic (exact) mass is 287 g/mol. The summed E-state index contributed by atoms with van der Waals surface area (Å²) in [4.78, 5) is 0. The molecule has 21 heavy (non-hydrogen) atoms. The molecule has 2 atom stereocenters. The van der Waals surface area contributed by atoms with Gasteiger partial charge in [0.2, 0.25) is 5.89 Å². The predicted molar refractivity (Wildman–Crippen MR) is 79.1 cm³/mol. The van der Waals surface area contributed by atoms with E-state index in [-0.39, 0.29) is 12.1 Å². The van der Waals surface area contributed by atoms with Gasteiger partial charge in [0.1, 0.15) is 5.75 Å². The lowest BCUT2D eigenvalue weighted by Gasteiger charge is -2.11. The molecule has 0 amide bonds. The molecule has 5 heteroatoms. The Morgan fingerprint density at radius 2 is 2.14 bits per heavy atom. The maximum atomic E-state index is 5.88. The van der Waals surface area contributed by atoms with Crippen molar-refractivity contribution in [1.82, 2.24) is 15.5 Å². The van der Waals surface area contributed by atoms with E-state index in [2.05, 4.69) is 35.4 Å². The molecule has 0 aliphatic carbocycles. The van der Waals surface area contributed by atoms with E-state index in [1.54, 1.807) is 0 Å². The van der Waals surface area contributed by atoms with Crippen LogP contribution in [0.4, 0.5) is 0 Å². The Labute approximate surface area is 124 Å². The zero-order valence-corrected chi connectivity index (χ0v) is 12.5. The highest BCUT2D eigenvalue weighted by Gasteiger charge is 2.29. The van der Waals surface area contributed by atoms with E-state index in [1.807, 2.05) is 18.2 Å². The van der Waals surface area contributed by atoms with Crippen molar-refractivity contribution in [3.63, 3.8) is 0 Å². The van der Waals surface area contributed by atoms with Gasteiger partial charge in [0, 0.05) is 6.42 Å². The molecule has 0 bridgehead atoms. The average Bonchev–Trinajstić information content (AvgIpc) is 3.14. The minimum absolute atomic E-state index is 0.120. The predicted octanol–water partition coefficient (Wildman–Crippen LogP) is 3.20. The van der Waals surface area contributed by atoms with Gasteiger partial charge in [-0.05, 0) is 31.0 Å². The van der Waals surface area contributed by atoms with Crippen LogP contribution in [0, 0.1) is 0 Å². The van der Waals surface area contributed by atoms with Crippen molar-refractivity contribution >= 4 is 0 Å². The van der Waals surface area contributed by atoms with Gasteiger partial charge in [-0.3, -0.25) is 0 Å². The first kappa shape index (κ1) is 14.1. The molecule has 1 N–H and O–H groups in total. The third kappa shape index (κ3) is 2.93. The summed E-state index contributed by atoms with van der Waals surface area (Å²) < 4.78 is 11.7. The van der Waals surface area contributed by atoms with Crippen LogP contribution in [0.15, 0.2) is 28.7 Å². The van der Waals surface area contributed by atoms with Crippen LogP contribution in [-0.4, -0.2) is 16.7 Å². The fourth-order valence-electron chi connectivity index (χ4n) is 2.56. The van der Waals surface area contributed by atoms with Gasteiger partial charge < -0.3 is 14.5 Å². The molecule has 1 aromatic carbocycles. The first-order chi connectivity index (χ1) is 10.3. The molecule has 3 rings (SSSR count). The maximum Gasteiger partial charge on any atom is 0.257 e. The number of hydrogen-bond acceptors (Lipinski definition) is 5. The van der Waals surface area contributed by atoms with E-state index in [1.165, 1.54) is 5.56 Å². The van der Waals surface area contributed by atoms with E-state index in [9.17, 15) is 0 Å². The van der Waals surface area contributed by atoms with Crippen LogP contribution in [0.2, 0.25) is 0 Å². The van der Waals surface area contributed by atoms with Crippen LogP contribution in [0.1, 0.15) is 56.2 Å². The van der Waals surface area contributed by atoms with Crippen LogP contribution < -0.4 is 10.1 Å². The molecule has 2 heterocycles. The van der Waals surface area contributed by atoms with Crippen molar-refractivity contribution < 1.29 is 9.15 Å². The standard InChI is InChI=1S/C16H21N3O2/c1-3-9-17-12(4-2)15-18-19-16(21-15)14-10-11-7-5-6-8-13(11)20-14/h5-8,12,14,17H,3-4,9-10H2,1-2H3. The molecule has 0 saturated carbocycles. The average molecular weight is 287 g/mol. The minimum atomic E-state index is -0.160. The van der Waals surface area contributed by atoms with Crippen LogP contribution >= 0.6 is 0 Å². The lowest BCUT2D eigenvalue weighted by Crippen LogP contribution is -2.21. The molecule has 2 aromatic rings. The summed E-state index contributed by atoms with van der Waals surface area (Å²) in [5, 5.41) is 11.8. The van der Waals surface area contributed by atoms with Crippen LogP contribution in [0.3, 0.4) is 0 Å². The number of para-hydroxylation sites is 1. The molecule has 0 fully saturated rings. The van der Waals surface area contributed by atoms with Gasteiger partial charge in [0.05, 0.1) is 6.04 Å². The Kier molecular flexibility index (Phi) is 4.20. The molecular weight excluding hydrogens is 266 g/mol. The second-order valence-corrected chi connectivity index (χ2v) is 5.31. The van der Waals surface area contributed by atoms with Crippen molar-refractivity contribution in [1.29, 1.82) is 0 Å². The summed E-state index contributed by atoms with van der Waals surface area (Å²) >= 11 is 0. The highest BCUT2D eigenvalue weighted by molar-refractivity contribution is 5.37. The molecule has 0 saturated heterocycles. The summed E-state index contributed by atoms with van der Waals surface area (Å²) in [5.74, 6) is 2.14. The summed E-state index contributed by atoms with van der Waals surface area (Å²) in [6, 6.07) is 8.16. The topological polar surface area (TPSA) is 60.2 Å². The lowest BCUT2D eigenvalue weighted by atomic mass is 10.1. The lowest BCUT2D eigenvalue weighted by molar-refractivity contribution is 0.192. The number of benzene rings is 1. The summed E-state index contributed by atoms with van der Waals surface area (Å²) in [7, 11) is 0. The van der Waals surface area contributed by atoms with Crippen molar-refractivity contribution in [2.45, 2.75) is 45.3 Å². The number of hydrogen-bond donors (Lipinski definition) is 1. The molecule has 0 radical (unpaired) electrons. The number of aromatic nitrogens is 2. The molecular formula is C16H21N3O2. The summed E-state index contributed by atoms with van der Waals surface area (Å²) in [6.45, 7) is 5.20. The van der Waals surface area contributed by atoms with Crippen molar-refractivity contribution in [2.75, 3.05) is 6.54 Å². The molecule has 5 nitrogen and oxygen atoms in total. The quantitative estimate of drug-likeness (QED) is 0.884. The van der Waals surface area contributed by atoms with Crippen molar-refractivity contribution in [3.8, 4) is 5.75 Å². The SMILES string of the molecule is CCCNC(CC)c1nnc(C2Cc3ccccc3O2)o1. The van der Waals surface area contributed by atoms with Crippen LogP contribution in [-0.2, 0) is 6.42 Å². The minimum Gasteiger partial charge on any atom is -0.480 e. The highest BCUT2D eigenvalue weighted by atomic mass is 16.5. The Hall–Kier alpha value is -1.88. The zero-order chi connectivity index (χ0) is 14.7. The van der Waals surface area contributed by atoms with Gasteiger partial charge in [-0.25, -0.2) is 0 Å². The van der Waals surface area contributed by atoms with Gasteiger partial charge in [-0.15, -0.1) is 10.2 Å². The smallest absolute Gasteiger partial charge is 0.257 e. The second-order valence-electron chi connectivity index (χ2n) is 5.31. The van der Waals surface area contributed by atoms with Crippen LogP contribution in [0.25, 0.3) is 0 Å². The Morgan fingerprint density at radius 1 is 1.29 bits per heavy atom. The largest absolute Gasteiger partial charge is 0.480 e. The van der Waals surface area contributed by atoms with Crippen molar-refractivity contribution in [3.05, 3.63) is 41.6 Å². The number of rotatable bonds is 6. The van der Waals surface area contributed by atoms with Gasteiger partial charge in [0.25, 0.3) is 5.89 Å². The van der Waals surface area contributed by atoms with E-state index >= 15 is 0 Å². The Morgan fingerprint density at radius 3 is 2.90 bits per heavy atom.